The summed E-state index contributed by atoms with van der Waals surface area (Å²) in [6, 6.07) is 25.1. The van der Waals surface area contributed by atoms with E-state index in [9.17, 15) is 4.79 Å². The Hall–Kier alpha value is -2.65. The summed E-state index contributed by atoms with van der Waals surface area (Å²) >= 11 is 3.44. The van der Waals surface area contributed by atoms with Gasteiger partial charge in [-0.05, 0) is 41.5 Å². The maximum Gasteiger partial charge on any atom is 0.196 e. The molecular formula is C22H15BrO2. The third kappa shape index (κ3) is 3.15. The van der Waals surface area contributed by atoms with E-state index in [1.807, 2.05) is 84.9 Å². The number of hydrogen-bond donors (Lipinski definition) is 0. The molecule has 3 aromatic carbocycles. The van der Waals surface area contributed by atoms with Crippen LogP contribution < -0.4 is 4.74 Å². The molecule has 1 aliphatic rings. The van der Waals surface area contributed by atoms with Crippen LogP contribution in [0, 0.1) is 0 Å². The Kier molecular flexibility index (Phi) is 4.24. The second-order valence-corrected chi connectivity index (χ2v) is 6.80. The van der Waals surface area contributed by atoms with Gasteiger partial charge in [0.25, 0.3) is 0 Å². The van der Waals surface area contributed by atoms with Crippen molar-refractivity contribution in [2.75, 3.05) is 0 Å². The van der Waals surface area contributed by atoms with Gasteiger partial charge in [-0.25, -0.2) is 0 Å². The molecule has 25 heavy (non-hydrogen) atoms. The third-order valence-corrected chi connectivity index (χ3v) is 4.74. The lowest BCUT2D eigenvalue weighted by atomic mass is 9.89. The summed E-state index contributed by atoms with van der Waals surface area (Å²) in [7, 11) is 0. The van der Waals surface area contributed by atoms with Crippen LogP contribution in [-0.4, -0.2) is 5.78 Å². The second kappa shape index (κ2) is 6.69. The molecule has 0 bridgehead atoms. The van der Waals surface area contributed by atoms with Crippen LogP contribution in [0.3, 0.4) is 0 Å². The Morgan fingerprint density at radius 3 is 2.28 bits per heavy atom. The number of halogens is 1. The van der Waals surface area contributed by atoms with Gasteiger partial charge in [-0.2, -0.15) is 0 Å². The van der Waals surface area contributed by atoms with Crippen molar-refractivity contribution in [3.63, 3.8) is 0 Å². The number of hydrogen-bond acceptors (Lipinski definition) is 2. The summed E-state index contributed by atoms with van der Waals surface area (Å²) < 4.78 is 7.20. The van der Waals surface area contributed by atoms with Gasteiger partial charge >= 0.3 is 0 Å². The van der Waals surface area contributed by atoms with E-state index in [1.54, 1.807) is 0 Å². The first-order chi connectivity index (χ1) is 12.2. The predicted molar refractivity (Wildman–Crippen MR) is 103 cm³/mol. The molecule has 2 nitrogen and oxygen atoms in total. The minimum atomic E-state index is -0.410. The molecule has 3 aromatic rings. The Labute approximate surface area is 154 Å². The summed E-state index contributed by atoms with van der Waals surface area (Å²) in [6.45, 7) is 0. The molecule has 0 fully saturated rings. The highest BCUT2D eigenvalue weighted by Gasteiger charge is 2.32. The van der Waals surface area contributed by atoms with E-state index in [0.717, 1.165) is 15.6 Å². The van der Waals surface area contributed by atoms with Gasteiger partial charge in [-0.3, -0.25) is 4.79 Å². The summed E-state index contributed by atoms with van der Waals surface area (Å²) in [5.41, 5.74) is 3.19. The number of para-hydroxylation sites is 1. The molecule has 0 radical (unpaired) electrons. The number of ether oxygens (including phenoxy) is 1. The molecule has 0 aromatic heterocycles. The average Bonchev–Trinajstić information content (AvgIpc) is 2.66. The fourth-order valence-corrected chi connectivity index (χ4v) is 3.24. The van der Waals surface area contributed by atoms with Crippen molar-refractivity contribution in [3.8, 4) is 5.75 Å². The van der Waals surface area contributed by atoms with E-state index >= 15 is 0 Å². The van der Waals surface area contributed by atoms with Crippen LogP contribution in [0.15, 0.2) is 88.9 Å². The van der Waals surface area contributed by atoms with E-state index in [2.05, 4.69) is 15.9 Å². The Morgan fingerprint density at radius 1 is 0.840 bits per heavy atom. The van der Waals surface area contributed by atoms with Crippen molar-refractivity contribution in [2.24, 2.45) is 0 Å². The van der Waals surface area contributed by atoms with Crippen LogP contribution in [0.4, 0.5) is 0 Å². The van der Waals surface area contributed by atoms with Crippen molar-refractivity contribution >= 4 is 27.8 Å². The molecule has 1 aliphatic heterocycles. The van der Waals surface area contributed by atoms with E-state index in [-0.39, 0.29) is 5.78 Å². The largest absolute Gasteiger partial charge is 0.480 e. The molecule has 1 atom stereocenters. The number of carbonyl (C=O) groups excluding carboxylic acids is 1. The second-order valence-electron chi connectivity index (χ2n) is 5.89. The molecule has 0 aliphatic carbocycles. The Morgan fingerprint density at radius 2 is 1.52 bits per heavy atom. The van der Waals surface area contributed by atoms with Crippen LogP contribution in [-0.2, 0) is 0 Å². The van der Waals surface area contributed by atoms with Gasteiger partial charge < -0.3 is 4.74 Å². The molecule has 0 amide bonds. The highest BCUT2D eigenvalue weighted by atomic mass is 79.9. The van der Waals surface area contributed by atoms with Crippen LogP contribution in [0.25, 0.3) is 6.08 Å². The van der Waals surface area contributed by atoms with Gasteiger partial charge in [0.1, 0.15) is 5.75 Å². The molecule has 0 unspecified atom stereocenters. The van der Waals surface area contributed by atoms with E-state index in [4.69, 9.17) is 4.74 Å². The quantitative estimate of drug-likeness (QED) is 0.513. The maximum atomic E-state index is 13.1. The van der Waals surface area contributed by atoms with Crippen molar-refractivity contribution in [1.82, 2.24) is 0 Å². The number of benzene rings is 3. The van der Waals surface area contributed by atoms with Gasteiger partial charge in [0.05, 0.1) is 5.56 Å². The summed E-state index contributed by atoms with van der Waals surface area (Å²) in [4.78, 5) is 13.1. The molecule has 122 valence electrons. The molecule has 3 heteroatoms. The smallest absolute Gasteiger partial charge is 0.196 e. The van der Waals surface area contributed by atoms with Gasteiger partial charge in [0.2, 0.25) is 0 Å². The van der Waals surface area contributed by atoms with Crippen LogP contribution in [0.5, 0.6) is 5.75 Å². The average molecular weight is 391 g/mol. The van der Waals surface area contributed by atoms with E-state index in [1.165, 1.54) is 0 Å². The summed E-state index contributed by atoms with van der Waals surface area (Å²) in [5.74, 6) is 0.646. The van der Waals surface area contributed by atoms with E-state index in [0.29, 0.717) is 16.9 Å². The molecule has 0 N–H and O–H groups in total. The summed E-state index contributed by atoms with van der Waals surface area (Å²) in [5, 5.41) is 0. The van der Waals surface area contributed by atoms with Crippen molar-refractivity contribution in [3.05, 3.63) is 106 Å². The van der Waals surface area contributed by atoms with Crippen molar-refractivity contribution < 1.29 is 9.53 Å². The van der Waals surface area contributed by atoms with Crippen LogP contribution >= 0.6 is 15.9 Å². The zero-order chi connectivity index (χ0) is 17.2. The fraction of sp³-hybridized carbons (Fsp3) is 0.0455. The van der Waals surface area contributed by atoms with Gasteiger partial charge in [-0.1, -0.05) is 70.5 Å². The van der Waals surface area contributed by atoms with Gasteiger partial charge in [-0.15, -0.1) is 0 Å². The SMILES string of the molecule is O=C1/C(=C/c2ccc(Br)cc2)[C@@H](c2ccccc2)Oc2ccccc21. The number of fused-ring (bicyclic) bond motifs is 1. The molecule has 0 spiro atoms. The molecule has 4 rings (SSSR count). The standard InChI is InChI=1S/C22H15BrO2/c23-17-12-10-15(11-13-17)14-19-21(24)18-8-4-5-9-20(18)25-22(19)16-6-2-1-3-7-16/h1-14,22H/b19-14-/t22-/m1/s1. The van der Waals surface area contributed by atoms with Gasteiger partial charge in [0.15, 0.2) is 11.9 Å². The predicted octanol–water partition coefficient (Wildman–Crippen LogP) is 5.85. The van der Waals surface area contributed by atoms with Crippen molar-refractivity contribution in [1.29, 1.82) is 0 Å². The molecule has 1 heterocycles. The number of rotatable bonds is 2. The topological polar surface area (TPSA) is 26.3 Å². The van der Waals surface area contributed by atoms with Crippen molar-refractivity contribution in [2.45, 2.75) is 6.10 Å². The number of carbonyl (C=O) groups is 1. The normalized spacial score (nSPS) is 17.9. The fourth-order valence-electron chi connectivity index (χ4n) is 2.98. The zero-order valence-electron chi connectivity index (χ0n) is 13.4. The monoisotopic (exact) mass is 390 g/mol. The maximum absolute atomic E-state index is 13.1. The first-order valence-corrected chi connectivity index (χ1v) is 8.84. The number of Topliss-reactive ketones (excluding diaryl/α,β-unsaturated/α-hetero) is 1. The minimum Gasteiger partial charge on any atom is -0.480 e. The summed E-state index contributed by atoms with van der Waals surface area (Å²) in [6.07, 6.45) is 1.51. The van der Waals surface area contributed by atoms with Gasteiger partial charge in [0, 0.05) is 10.0 Å². The number of ketones is 1. The highest BCUT2D eigenvalue weighted by molar-refractivity contribution is 9.10. The first-order valence-electron chi connectivity index (χ1n) is 8.05. The lowest BCUT2D eigenvalue weighted by molar-refractivity contribution is 0.0963. The Bertz CT molecular complexity index is 943. The zero-order valence-corrected chi connectivity index (χ0v) is 14.9. The Balaban J connectivity index is 1.85. The third-order valence-electron chi connectivity index (χ3n) is 4.22. The van der Waals surface area contributed by atoms with Crippen LogP contribution in [0.1, 0.15) is 27.6 Å². The highest BCUT2D eigenvalue weighted by Crippen LogP contribution is 2.39. The minimum absolute atomic E-state index is 0.0126. The molecule has 0 saturated carbocycles. The first kappa shape index (κ1) is 15.9. The van der Waals surface area contributed by atoms with E-state index < -0.39 is 6.10 Å². The lowest BCUT2D eigenvalue weighted by Gasteiger charge is -2.28. The lowest BCUT2D eigenvalue weighted by Crippen LogP contribution is -2.23. The van der Waals surface area contributed by atoms with Crippen LogP contribution in [0.2, 0.25) is 0 Å². The molecule has 0 saturated heterocycles. The molecular weight excluding hydrogens is 376 g/mol.